The Labute approximate surface area is 70.2 Å². The molecule has 0 N–H and O–H groups in total. The summed E-state index contributed by atoms with van der Waals surface area (Å²) in [5.41, 5.74) is 0. The lowest BCUT2D eigenvalue weighted by Gasteiger charge is -2.05. The van der Waals surface area contributed by atoms with Crippen molar-refractivity contribution in [3.05, 3.63) is 10.1 Å². The molecule has 2 atom stereocenters. The molecule has 2 unspecified atom stereocenters. The third kappa shape index (κ3) is 3.15. The lowest BCUT2D eigenvalue weighted by molar-refractivity contribution is -0.491. The number of halogens is 2. The molecule has 54 valence electrons. The summed E-state index contributed by atoms with van der Waals surface area (Å²) in [7, 11) is 0. The summed E-state index contributed by atoms with van der Waals surface area (Å²) in [5, 5.41) is 10.0. The first-order valence-corrected chi connectivity index (χ1v) is 4.34. The fraction of sp³-hybridized carbons (Fsp3) is 1.00. The Hall–Kier alpha value is 0.360. The van der Waals surface area contributed by atoms with E-state index < -0.39 is 4.95 Å². The van der Waals surface area contributed by atoms with Gasteiger partial charge in [0.05, 0.1) is 4.83 Å². The van der Waals surface area contributed by atoms with E-state index in [1.807, 2.05) is 6.92 Å². The Bertz CT molecular complexity index is 109. The molecule has 0 saturated carbocycles. The molecule has 0 fully saturated rings. The van der Waals surface area contributed by atoms with Gasteiger partial charge in [-0.1, -0.05) is 22.9 Å². The second-order valence-corrected chi connectivity index (χ2v) is 3.70. The predicted molar refractivity (Wildman–Crippen MR) is 42.7 cm³/mol. The standard InChI is InChI=1S/C4H7Br2NO2/c1-2-3(5)4(6)7(8)9/h3-4H,2H2,1H3. The van der Waals surface area contributed by atoms with Crippen LogP contribution in [0.3, 0.4) is 0 Å². The Morgan fingerprint density at radius 2 is 2.11 bits per heavy atom. The van der Waals surface area contributed by atoms with Crippen LogP contribution in [0.15, 0.2) is 0 Å². The molecule has 0 aliphatic heterocycles. The Kier molecular flexibility index (Phi) is 4.39. The second kappa shape index (κ2) is 4.22. The number of alkyl halides is 2. The van der Waals surface area contributed by atoms with Crippen molar-refractivity contribution in [2.24, 2.45) is 0 Å². The van der Waals surface area contributed by atoms with Gasteiger partial charge in [-0.25, -0.2) is 0 Å². The van der Waals surface area contributed by atoms with Gasteiger partial charge in [-0.15, -0.1) is 0 Å². The van der Waals surface area contributed by atoms with E-state index in [9.17, 15) is 10.1 Å². The molecule has 0 amide bonds. The minimum atomic E-state index is -0.664. The highest BCUT2D eigenvalue weighted by atomic mass is 79.9. The van der Waals surface area contributed by atoms with Gasteiger partial charge in [0, 0.05) is 4.92 Å². The van der Waals surface area contributed by atoms with Gasteiger partial charge in [0.1, 0.15) is 0 Å². The minimum Gasteiger partial charge on any atom is -0.263 e. The summed E-state index contributed by atoms with van der Waals surface area (Å²) in [6.07, 6.45) is 0.747. The summed E-state index contributed by atoms with van der Waals surface area (Å²) >= 11 is 6.08. The van der Waals surface area contributed by atoms with E-state index >= 15 is 0 Å². The van der Waals surface area contributed by atoms with Crippen molar-refractivity contribution in [1.82, 2.24) is 0 Å². The fourth-order valence-electron chi connectivity index (χ4n) is 0.327. The molecular formula is C4H7Br2NO2. The Balaban J connectivity index is 3.72. The molecule has 0 heterocycles. The smallest absolute Gasteiger partial charge is 0.263 e. The van der Waals surface area contributed by atoms with Crippen LogP contribution in [0.2, 0.25) is 0 Å². The van der Waals surface area contributed by atoms with Crippen molar-refractivity contribution in [3.63, 3.8) is 0 Å². The number of rotatable bonds is 3. The molecule has 0 aromatic heterocycles. The highest BCUT2D eigenvalue weighted by molar-refractivity contribution is 9.12. The topological polar surface area (TPSA) is 43.1 Å². The highest BCUT2D eigenvalue weighted by Gasteiger charge is 2.23. The van der Waals surface area contributed by atoms with E-state index in [4.69, 9.17) is 0 Å². The molecular weight excluding hydrogens is 254 g/mol. The van der Waals surface area contributed by atoms with Crippen LogP contribution >= 0.6 is 31.9 Å². The van der Waals surface area contributed by atoms with Crippen molar-refractivity contribution >= 4 is 31.9 Å². The third-order valence-corrected chi connectivity index (χ3v) is 3.72. The number of hydrogen-bond acceptors (Lipinski definition) is 2. The monoisotopic (exact) mass is 259 g/mol. The molecule has 0 saturated heterocycles. The van der Waals surface area contributed by atoms with Crippen LogP contribution in [0.5, 0.6) is 0 Å². The summed E-state index contributed by atoms with van der Waals surface area (Å²) in [6.45, 7) is 1.89. The van der Waals surface area contributed by atoms with E-state index in [0.717, 1.165) is 6.42 Å². The Morgan fingerprint density at radius 3 is 2.22 bits per heavy atom. The highest BCUT2D eigenvalue weighted by Crippen LogP contribution is 2.17. The van der Waals surface area contributed by atoms with Crippen LogP contribution in [0.25, 0.3) is 0 Å². The fourth-order valence-corrected chi connectivity index (χ4v) is 0.893. The first-order chi connectivity index (χ1) is 4.09. The summed E-state index contributed by atoms with van der Waals surface area (Å²) in [5.74, 6) is 0. The van der Waals surface area contributed by atoms with E-state index in [1.54, 1.807) is 0 Å². The summed E-state index contributed by atoms with van der Waals surface area (Å²) in [6, 6.07) is 0. The maximum absolute atomic E-state index is 10.0. The van der Waals surface area contributed by atoms with Crippen LogP contribution in [-0.2, 0) is 0 Å². The van der Waals surface area contributed by atoms with Crippen molar-refractivity contribution in [1.29, 1.82) is 0 Å². The van der Waals surface area contributed by atoms with Gasteiger partial charge in [0.15, 0.2) is 0 Å². The van der Waals surface area contributed by atoms with Crippen LogP contribution in [0, 0.1) is 10.1 Å². The molecule has 0 aromatic rings. The molecule has 0 aliphatic rings. The Morgan fingerprint density at radius 1 is 1.67 bits per heavy atom. The van der Waals surface area contributed by atoms with E-state index in [0.29, 0.717) is 0 Å². The summed E-state index contributed by atoms with van der Waals surface area (Å²) < 4.78 is 0. The van der Waals surface area contributed by atoms with Crippen molar-refractivity contribution in [2.45, 2.75) is 23.1 Å². The van der Waals surface area contributed by atoms with Crippen molar-refractivity contribution < 1.29 is 4.92 Å². The normalized spacial score (nSPS) is 16.8. The molecule has 0 spiro atoms. The largest absolute Gasteiger partial charge is 0.278 e. The molecule has 0 radical (unpaired) electrons. The zero-order valence-corrected chi connectivity index (χ0v) is 8.05. The molecule has 9 heavy (non-hydrogen) atoms. The van der Waals surface area contributed by atoms with Crippen LogP contribution in [-0.4, -0.2) is 14.7 Å². The quantitative estimate of drug-likeness (QED) is 0.338. The van der Waals surface area contributed by atoms with Gasteiger partial charge in [-0.3, -0.25) is 10.1 Å². The lowest BCUT2D eigenvalue weighted by atomic mass is 10.3. The lowest BCUT2D eigenvalue weighted by Crippen LogP contribution is -2.21. The molecule has 0 rings (SSSR count). The maximum Gasteiger partial charge on any atom is 0.278 e. The molecule has 3 nitrogen and oxygen atoms in total. The van der Waals surface area contributed by atoms with Crippen molar-refractivity contribution in [2.75, 3.05) is 0 Å². The summed E-state index contributed by atoms with van der Waals surface area (Å²) in [4.78, 5) is 8.93. The minimum absolute atomic E-state index is 0.0764. The van der Waals surface area contributed by atoms with Gasteiger partial charge >= 0.3 is 0 Å². The third-order valence-electron chi connectivity index (χ3n) is 0.890. The van der Waals surface area contributed by atoms with E-state index in [-0.39, 0.29) is 9.75 Å². The second-order valence-electron chi connectivity index (χ2n) is 1.58. The average molecular weight is 261 g/mol. The molecule has 0 bridgehead atoms. The van der Waals surface area contributed by atoms with Gasteiger partial charge in [-0.05, 0) is 22.4 Å². The first-order valence-electron chi connectivity index (χ1n) is 2.51. The van der Waals surface area contributed by atoms with Crippen LogP contribution in [0.4, 0.5) is 0 Å². The van der Waals surface area contributed by atoms with E-state index in [2.05, 4.69) is 31.9 Å². The average Bonchev–Trinajstić information content (AvgIpc) is 1.84. The molecule has 0 aliphatic carbocycles. The molecule has 5 heteroatoms. The SMILES string of the molecule is CCC(Br)C(Br)[N+](=O)[O-]. The van der Waals surface area contributed by atoms with Gasteiger partial charge in [0.2, 0.25) is 0 Å². The van der Waals surface area contributed by atoms with E-state index in [1.165, 1.54) is 0 Å². The maximum atomic E-state index is 10.0. The molecule has 0 aromatic carbocycles. The number of nitro groups is 1. The zero-order valence-electron chi connectivity index (χ0n) is 4.88. The van der Waals surface area contributed by atoms with Gasteiger partial charge in [-0.2, -0.15) is 0 Å². The first kappa shape index (κ1) is 9.36. The van der Waals surface area contributed by atoms with Gasteiger partial charge in [0.25, 0.3) is 4.95 Å². The van der Waals surface area contributed by atoms with Crippen LogP contribution < -0.4 is 0 Å². The zero-order chi connectivity index (χ0) is 7.44. The van der Waals surface area contributed by atoms with Crippen molar-refractivity contribution in [3.8, 4) is 0 Å². The number of hydrogen-bond donors (Lipinski definition) is 0. The van der Waals surface area contributed by atoms with Crippen LogP contribution in [0.1, 0.15) is 13.3 Å². The predicted octanol–water partition coefficient (Wildman–Crippen LogP) is 2.16. The van der Waals surface area contributed by atoms with Gasteiger partial charge < -0.3 is 0 Å². The number of nitrogens with zero attached hydrogens (tertiary/aromatic N) is 1.